The van der Waals surface area contributed by atoms with E-state index in [-0.39, 0.29) is 18.3 Å². The molecule has 8 heteroatoms. The summed E-state index contributed by atoms with van der Waals surface area (Å²) in [7, 11) is 0. The third-order valence-corrected chi connectivity index (χ3v) is 8.66. The van der Waals surface area contributed by atoms with Crippen molar-refractivity contribution in [2.24, 2.45) is 11.8 Å². The van der Waals surface area contributed by atoms with Gasteiger partial charge in [0.05, 0.1) is 11.4 Å². The van der Waals surface area contributed by atoms with Crippen LogP contribution in [0.2, 0.25) is 0 Å². The maximum absolute atomic E-state index is 15.0. The lowest BCUT2D eigenvalue weighted by Crippen LogP contribution is -2.50. The first-order valence-electron chi connectivity index (χ1n) is 13.1. The summed E-state index contributed by atoms with van der Waals surface area (Å²) < 4.78 is 16.7. The molecule has 1 aromatic carbocycles. The number of anilines is 1. The summed E-state index contributed by atoms with van der Waals surface area (Å²) in [5, 5.41) is 13.8. The van der Waals surface area contributed by atoms with E-state index in [0.717, 1.165) is 28.7 Å². The van der Waals surface area contributed by atoms with Gasteiger partial charge in [0.25, 0.3) is 0 Å². The Morgan fingerprint density at radius 1 is 1.14 bits per heavy atom. The van der Waals surface area contributed by atoms with Gasteiger partial charge < -0.3 is 9.80 Å². The van der Waals surface area contributed by atoms with Crippen LogP contribution in [-0.2, 0) is 11.3 Å². The molecule has 3 aromatic rings. The molecule has 2 aromatic heterocycles. The third kappa shape index (κ3) is 4.16. The number of aromatic nitrogens is 3. The second-order valence-corrected chi connectivity index (χ2v) is 10.8. The number of benzene rings is 1. The van der Waals surface area contributed by atoms with E-state index in [9.17, 15) is 14.4 Å². The van der Waals surface area contributed by atoms with Gasteiger partial charge >= 0.3 is 0 Å². The first-order chi connectivity index (χ1) is 17.8. The summed E-state index contributed by atoms with van der Waals surface area (Å²) >= 11 is 0. The van der Waals surface area contributed by atoms with Gasteiger partial charge in [-0.3, -0.25) is 9.48 Å². The zero-order valence-corrected chi connectivity index (χ0v) is 21.5. The smallest absolute Gasteiger partial charge is 0.244 e. The van der Waals surface area contributed by atoms with Crippen molar-refractivity contribution in [3.05, 3.63) is 64.2 Å². The maximum Gasteiger partial charge on any atom is 0.244 e. The zero-order chi connectivity index (χ0) is 25.8. The molecule has 2 saturated carbocycles. The minimum absolute atomic E-state index is 0.00477. The van der Waals surface area contributed by atoms with Gasteiger partial charge in [-0.05, 0) is 92.3 Å². The van der Waals surface area contributed by atoms with Crippen LogP contribution in [-0.4, -0.2) is 51.8 Å². The zero-order valence-electron chi connectivity index (χ0n) is 21.5. The van der Waals surface area contributed by atoms with Gasteiger partial charge in [-0.25, -0.2) is 9.37 Å². The third-order valence-electron chi connectivity index (χ3n) is 8.66. The Kier molecular flexibility index (Phi) is 5.74. The van der Waals surface area contributed by atoms with Crippen molar-refractivity contribution < 1.29 is 9.18 Å². The Labute approximate surface area is 216 Å². The number of amides is 1. The van der Waals surface area contributed by atoms with Crippen LogP contribution in [0.15, 0.2) is 30.3 Å². The van der Waals surface area contributed by atoms with E-state index < -0.39 is 0 Å². The van der Waals surface area contributed by atoms with E-state index in [4.69, 9.17) is 0 Å². The number of halogens is 1. The van der Waals surface area contributed by atoms with Gasteiger partial charge in [-0.1, -0.05) is 6.07 Å². The molecule has 6 rings (SSSR count). The van der Waals surface area contributed by atoms with Gasteiger partial charge in [0.15, 0.2) is 0 Å². The summed E-state index contributed by atoms with van der Waals surface area (Å²) in [5.41, 5.74) is 6.52. The van der Waals surface area contributed by atoms with Gasteiger partial charge in [0.2, 0.25) is 5.91 Å². The molecule has 3 fully saturated rings. The Morgan fingerprint density at radius 3 is 2.59 bits per heavy atom. The summed E-state index contributed by atoms with van der Waals surface area (Å²) in [6.07, 6.45) is 2.57. The number of aryl methyl sites for hydroxylation is 1. The largest absolute Gasteiger partial charge is 0.366 e. The second-order valence-electron chi connectivity index (χ2n) is 10.8. The van der Waals surface area contributed by atoms with Gasteiger partial charge in [0.1, 0.15) is 29.8 Å². The molecule has 0 bridgehead atoms. The molecular weight excluding hydrogens is 467 g/mol. The van der Waals surface area contributed by atoms with Crippen LogP contribution in [0, 0.1) is 49.8 Å². The van der Waals surface area contributed by atoms with Crippen LogP contribution >= 0.6 is 0 Å². The van der Waals surface area contributed by atoms with Crippen LogP contribution in [0.5, 0.6) is 0 Å². The molecular formula is C29H31FN6O. The normalized spacial score (nSPS) is 22.3. The van der Waals surface area contributed by atoms with E-state index in [1.54, 1.807) is 22.9 Å². The van der Waals surface area contributed by atoms with Gasteiger partial charge in [0, 0.05) is 31.9 Å². The van der Waals surface area contributed by atoms with Crippen LogP contribution in [0.25, 0.3) is 11.4 Å². The molecule has 3 atom stereocenters. The lowest BCUT2D eigenvalue weighted by Gasteiger charge is -2.37. The molecule has 2 aliphatic carbocycles. The van der Waals surface area contributed by atoms with Crippen molar-refractivity contribution in [1.29, 1.82) is 5.26 Å². The lowest BCUT2D eigenvalue weighted by molar-refractivity contribution is -0.132. The molecule has 1 saturated heterocycles. The predicted octanol–water partition coefficient (Wildman–Crippen LogP) is 4.35. The predicted molar refractivity (Wildman–Crippen MR) is 139 cm³/mol. The minimum Gasteiger partial charge on any atom is -0.366 e. The van der Waals surface area contributed by atoms with Crippen LogP contribution in [0.3, 0.4) is 0 Å². The highest BCUT2D eigenvalue weighted by atomic mass is 19.1. The molecule has 0 N–H and O–H groups in total. The number of piperazine rings is 1. The number of carbonyl (C=O) groups is 1. The van der Waals surface area contributed by atoms with Gasteiger partial charge in [-0.2, -0.15) is 10.4 Å². The monoisotopic (exact) mass is 498 g/mol. The molecule has 0 spiro atoms. The molecule has 37 heavy (non-hydrogen) atoms. The fourth-order valence-electron chi connectivity index (χ4n) is 6.10. The highest BCUT2D eigenvalue weighted by Gasteiger charge is 2.54. The average Bonchev–Trinajstić information content (AvgIpc) is 3.46. The molecule has 3 unspecified atom stereocenters. The number of fused-ring (bicyclic) bond motifs is 1. The maximum atomic E-state index is 15.0. The molecule has 1 aliphatic heterocycles. The van der Waals surface area contributed by atoms with Crippen molar-refractivity contribution >= 4 is 11.6 Å². The van der Waals surface area contributed by atoms with Crippen LogP contribution in [0.4, 0.5) is 10.1 Å². The molecule has 190 valence electrons. The number of rotatable bonds is 5. The number of nitrogens with zero attached hydrogens (tertiary/aromatic N) is 6. The summed E-state index contributed by atoms with van der Waals surface area (Å²) in [6, 6.07) is 11.1. The molecule has 0 radical (unpaired) electrons. The van der Waals surface area contributed by atoms with E-state index in [1.165, 1.54) is 18.4 Å². The fraction of sp³-hybridized carbons (Fsp3) is 0.448. The van der Waals surface area contributed by atoms with E-state index in [0.29, 0.717) is 54.9 Å². The quantitative estimate of drug-likeness (QED) is 0.523. The standard InChI is InChI=1S/C29H31FN6O/c1-17-11-25(30)27(14-22(17)24-13-20-12-23(20)24)34-7-9-35(10-8-34)28(37)16-36-19(3)18(2)29(33-36)26-6-4-5-21(15-31)32-26/h4-6,11,14,20,23-24H,7-10,12-13,16H2,1-3H3. The highest BCUT2D eigenvalue weighted by Crippen LogP contribution is 2.64. The summed E-state index contributed by atoms with van der Waals surface area (Å²) in [4.78, 5) is 21.5. The Balaban J connectivity index is 1.13. The fourth-order valence-corrected chi connectivity index (χ4v) is 6.10. The summed E-state index contributed by atoms with van der Waals surface area (Å²) in [5.74, 6) is 2.14. The van der Waals surface area contributed by atoms with Crippen molar-refractivity contribution in [3.8, 4) is 17.5 Å². The molecule has 1 amide bonds. The Bertz CT molecular complexity index is 1430. The number of hydrogen-bond donors (Lipinski definition) is 0. The van der Waals surface area contributed by atoms with Gasteiger partial charge in [-0.15, -0.1) is 0 Å². The van der Waals surface area contributed by atoms with E-state index in [1.807, 2.05) is 31.7 Å². The number of hydrogen-bond acceptors (Lipinski definition) is 5. The van der Waals surface area contributed by atoms with Crippen molar-refractivity contribution in [2.45, 2.75) is 46.1 Å². The molecule has 3 heterocycles. The van der Waals surface area contributed by atoms with E-state index >= 15 is 0 Å². The van der Waals surface area contributed by atoms with Crippen LogP contribution < -0.4 is 4.90 Å². The van der Waals surface area contributed by atoms with Crippen LogP contribution in [0.1, 0.15) is 46.8 Å². The lowest BCUT2D eigenvalue weighted by atomic mass is 9.78. The molecule has 7 nitrogen and oxygen atoms in total. The molecule has 3 aliphatic rings. The topological polar surface area (TPSA) is 78.0 Å². The highest BCUT2D eigenvalue weighted by molar-refractivity contribution is 5.76. The van der Waals surface area contributed by atoms with Crippen molar-refractivity contribution in [2.75, 3.05) is 31.1 Å². The number of pyridine rings is 1. The Hall–Kier alpha value is -3.73. The first-order valence-corrected chi connectivity index (χ1v) is 13.1. The Morgan fingerprint density at radius 2 is 1.92 bits per heavy atom. The SMILES string of the molecule is Cc1cc(F)c(N2CCN(C(=O)Cn3nc(-c4cccc(C#N)n4)c(C)c3C)CC2)cc1C1CC2CC21. The number of nitriles is 1. The van der Waals surface area contributed by atoms with E-state index in [2.05, 4.69) is 27.1 Å². The second kappa shape index (κ2) is 8.98. The number of carbonyl (C=O) groups excluding carboxylic acids is 1. The minimum atomic E-state index is -0.169. The summed E-state index contributed by atoms with van der Waals surface area (Å²) in [6.45, 7) is 8.36. The van der Waals surface area contributed by atoms with Crippen molar-refractivity contribution in [3.63, 3.8) is 0 Å². The first kappa shape index (κ1) is 23.7. The van der Waals surface area contributed by atoms with Crippen molar-refractivity contribution in [1.82, 2.24) is 19.7 Å². The average molecular weight is 499 g/mol.